The summed E-state index contributed by atoms with van der Waals surface area (Å²) in [5, 5.41) is 64.1. The molecule has 2 rings (SSSR count). The first-order valence-corrected chi connectivity index (χ1v) is 22.9. The normalized spacial score (nSPS) is 23.5. The van der Waals surface area contributed by atoms with Gasteiger partial charge in [0.25, 0.3) is 5.91 Å². The van der Waals surface area contributed by atoms with Gasteiger partial charge in [0.05, 0.1) is 19.3 Å². The highest BCUT2D eigenvalue weighted by Crippen LogP contribution is 2.41. The van der Waals surface area contributed by atoms with Gasteiger partial charge in [-0.25, -0.2) is 0 Å². The maximum Gasteiger partial charge on any atom is 0.251 e. The van der Waals surface area contributed by atoms with E-state index in [2.05, 4.69) is 115 Å². The fourth-order valence-electron chi connectivity index (χ4n) is 7.96. The SMILES string of the molecule is CCC(=O)C(CCC(C)C)C(C)(C)CN(C=P\C=C(C)/C=C/C=C(C)\C=C\C1=C(C)CCCC1(C)C)CCCNC(=O)C(O)C(O)C(O[C@@H]1OC[C@H](O)CC1O)C(O)CO. The number of hydrogen-bond acceptors (Lipinski definition) is 10. The van der Waals surface area contributed by atoms with E-state index in [-0.39, 0.29) is 42.1 Å². The van der Waals surface area contributed by atoms with Crippen molar-refractivity contribution < 1.29 is 49.7 Å². The summed E-state index contributed by atoms with van der Waals surface area (Å²) in [6.07, 6.45) is 5.99. The second kappa shape index (κ2) is 26.3. The quantitative estimate of drug-likeness (QED) is 0.0325. The number of nitrogens with one attached hydrogen (secondary N) is 1. The summed E-state index contributed by atoms with van der Waals surface area (Å²) in [6.45, 7) is 21.9. The lowest BCUT2D eigenvalue weighted by Crippen LogP contribution is -2.56. The van der Waals surface area contributed by atoms with Gasteiger partial charge >= 0.3 is 0 Å². The number of nitrogens with zero attached hydrogens (tertiary/aromatic N) is 1. The summed E-state index contributed by atoms with van der Waals surface area (Å²) < 4.78 is 10.8. The molecule has 1 fully saturated rings. The van der Waals surface area contributed by atoms with Crippen molar-refractivity contribution in [3.63, 3.8) is 0 Å². The number of ether oxygens (including phenoxy) is 2. The lowest BCUT2D eigenvalue weighted by Gasteiger charge is -2.37. The van der Waals surface area contributed by atoms with Crippen LogP contribution in [0.4, 0.5) is 0 Å². The Labute approximate surface area is 362 Å². The zero-order valence-electron chi connectivity index (χ0n) is 38.1. The molecule has 13 heteroatoms. The Morgan fingerprint density at radius 3 is 2.42 bits per heavy atom. The first-order valence-electron chi connectivity index (χ1n) is 21.9. The van der Waals surface area contributed by atoms with Crippen LogP contribution in [0.25, 0.3) is 0 Å². The number of aliphatic hydroxyl groups is 6. The molecule has 0 spiro atoms. The number of carbonyl (C=O) groups excluding carboxylic acids is 2. The molecule has 1 aliphatic carbocycles. The highest BCUT2D eigenvalue weighted by atomic mass is 31.1. The Balaban J connectivity index is 2.17. The number of amides is 1. The van der Waals surface area contributed by atoms with Gasteiger partial charge in [-0.2, -0.15) is 0 Å². The Morgan fingerprint density at radius 1 is 1.10 bits per heavy atom. The lowest BCUT2D eigenvalue weighted by atomic mass is 9.72. The molecule has 1 saturated heterocycles. The third kappa shape index (κ3) is 18.2. The second-order valence-corrected chi connectivity index (χ2v) is 19.4. The lowest BCUT2D eigenvalue weighted by molar-refractivity contribution is -0.280. The highest BCUT2D eigenvalue weighted by Gasteiger charge is 2.41. The van der Waals surface area contributed by atoms with Crippen molar-refractivity contribution in [1.82, 2.24) is 10.2 Å². The molecule has 60 heavy (non-hydrogen) atoms. The molecular formula is C47H79N2O10P. The van der Waals surface area contributed by atoms with Crippen LogP contribution in [0.3, 0.4) is 0 Å². The number of ketones is 1. The summed E-state index contributed by atoms with van der Waals surface area (Å²) in [5.41, 5.74) is 5.05. The fraction of sp³-hybridized carbons (Fsp3) is 0.723. The van der Waals surface area contributed by atoms with Gasteiger partial charge < -0.3 is 45.4 Å². The van der Waals surface area contributed by atoms with Crippen molar-refractivity contribution in [1.29, 1.82) is 0 Å². The van der Waals surface area contributed by atoms with Crippen molar-refractivity contribution in [2.75, 3.05) is 32.8 Å². The molecule has 0 bridgehead atoms. The molecule has 0 radical (unpaired) electrons. The van der Waals surface area contributed by atoms with E-state index in [1.54, 1.807) is 0 Å². The number of Topliss-reactive ketones (excluding diaryl/α,β-unsaturated/α-hetero) is 1. The van der Waals surface area contributed by atoms with Crippen molar-refractivity contribution in [2.45, 2.75) is 164 Å². The molecule has 1 amide bonds. The van der Waals surface area contributed by atoms with E-state index in [0.29, 0.717) is 31.8 Å². The van der Waals surface area contributed by atoms with Crippen LogP contribution in [-0.4, -0.2) is 129 Å². The Kier molecular flexibility index (Phi) is 23.6. The van der Waals surface area contributed by atoms with Crippen LogP contribution < -0.4 is 5.32 Å². The van der Waals surface area contributed by atoms with E-state index in [4.69, 9.17) is 9.47 Å². The maximum atomic E-state index is 13.3. The smallest absolute Gasteiger partial charge is 0.251 e. The molecule has 0 saturated carbocycles. The van der Waals surface area contributed by atoms with Crippen molar-refractivity contribution in [3.05, 3.63) is 58.5 Å². The van der Waals surface area contributed by atoms with Gasteiger partial charge in [0.2, 0.25) is 0 Å². The molecule has 0 aromatic rings. The summed E-state index contributed by atoms with van der Waals surface area (Å²) in [4.78, 5) is 28.4. The van der Waals surface area contributed by atoms with Crippen molar-refractivity contribution in [2.24, 2.45) is 22.7 Å². The van der Waals surface area contributed by atoms with E-state index >= 15 is 0 Å². The molecule has 1 heterocycles. The largest absolute Gasteiger partial charge is 0.394 e. The predicted molar refractivity (Wildman–Crippen MR) is 241 cm³/mol. The van der Waals surface area contributed by atoms with Crippen LogP contribution in [0.1, 0.15) is 121 Å². The predicted octanol–water partition coefficient (Wildman–Crippen LogP) is 5.98. The van der Waals surface area contributed by atoms with Crippen molar-refractivity contribution >= 4 is 25.8 Å². The second-order valence-electron chi connectivity index (χ2n) is 18.6. The van der Waals surface area contributed by atoms with E-state index in [0.717, 1.165) is 33.0 Å². The summed E-state index contributed by atoms with van der Waals surface area (Å²) in [7, 11) is 0.948. The average Bonchev–Trinajstić information content (AvgIpc) is 3.17. The van der Waals surface area contributed by atoms with E-state index in [1.165, 1.54) is 29.6 Å². The number of allylic oxidation sites excluding steroid dienone is 9. The topological polar surface area (TPSA) is 189 Å². The first-order chi connectivity index (χ1) is 28.1. The fourth-order valence-corrected chi connectivity index (χ4v) is 8.73. The zero-order chi connectivity index (χ0) is 45.2. The van der Waals surface area contributed by atoms with Crippen LogP contribution >= 0.6 is 8.20 Å². The summed E-state index contributed by atoms with van der Waals surface area (Å²) in [6, 6.07) is 0. The minimum Gasteiger partial charge on any atom is -0.394 e. The molecule has 342 valence electrons. The van der Waals surface area contributed by atoms with E-state index in [9.17, 15) is 40.2 Å². The third-order valence-electron chi connectivity index (χ3n) is 11.6. The minimum atomic E-state index is -2.04. The van der Waals surface area contributed by atoms with Gasteiger partial charge in [0, 0.05) is 44.3 Å². The molecule has 0 aromatic heterocycles. The summed E-state index contributed by atoms with van der Waals surface area (Å²) >= 11 is 0. The van der Waals surface area contributed by atoms with Gasteiger partial charge in [-0.3, -0.25) is 14.5 Å². The zero-order valence-corrected chi connectivity index (χ0v) is 39.0. The number of hydrogen-bond donors (Lipinski definition) is 7. The van der Waals surface area contributed by atoms with E-state index in [1.807, 2.05) is 6.92 Å². The molecular weight excluding hydrogens is 783 g/mol. The maximum absolute atomic E-state index is 13.3. The number of aliphatic hydroxyl groups excluding tert-OH is 6. The number of rotatable bonds is 25. The van der Waals surface area contributed by atoms with Gasteiger partial charge in [-0.1, -0.05) is 105 Å². The van der Waals surface area contributed by atoms with Gasteiger partial charge in [-0.15, -0.1) is 0 Å². The molecule has 8 atom stereocenters. The minimum absolute atomic E-state index is 0.0791. The standard InChI is InChI=1S/C47H79N2O10P/c1-11-38(52)37(20-18-31(2)3)47(9,10)29-49(30-60-28-33(5)16-12-15-32(4)19-21-36-34(6)17-13-22-46(36,7)8)24-14-23-48-44(57)42(56)41(55)43(40(54)26-50)59-45-39(53)25-35(51)27-58-45/h12,15-16,19,21,28,30-31,35,37,39-43,45,50-51,53-56H,11,13-14,17-18,20,22-27,29H2,1-10H3,(H,48,57)/b16-12+,21-19+,32-15-,33-28-/t35-,37?,39?,40?,41?,42?,43?,45+/m1/s1. The van der Waals surface area contributed by atoms with Crippen LogP contribution in [0.5, 0.6) is 0 Å². The third-order valence-corrected chi connectivity index (χ3v) is 12.6. The Hall–Kier alpha value is -2.35. The Morgan fingerprint density at radius 2 is 1.80 bits per heavy atom. The molecule has 12 nitrogen and oxygen atoms in total. The summed E-state index contributed by atoms with van der Waals surface area (Å²) in [5.74, 6) is 3.93. The molecule has 6 unspecified atom stereocenters. The Bertz CT molecular complexity index is 1530. The van der Waals surface area contributed by atoms with Gasteiger partial charge in [-0.05, 0) is 86.6 Å². The molecule has 1 aliphatic heterocycles. The highest BCUT2D eigenvalue weighted by molar-refractivity contribution is 7.41. The van der Waals surface area contributed by atoms with E-state index < -0.39 is 55.4 Å². The average molecular weight is 863 g/mol. The number of carbonyl (C=O) groups is 2. The molecule has 2 aliphatic rings. The van der Waals surface area contributed by atoms with Crippen LogP contribution in [-0.2, 0) is 19.1 Å². The van der Waals surface area contributed by atoms with Gasteiger partial charge in [0.1, 0.15) is 30.2 Å². The molecule has 0 aromatic carbocycles. The van der Waals surface area contributed by atoms with Crippen molar-refractivity contribution in [3.8, 4) is 0 Å². The van der Waals surface area contributed by atoms with Crippen LogP contribution in [0, 0.1) is 22.7 Å². The first kappa shape index (κ1) is 53.8. The monoisotopic (exact) mass is 863 g/mol. The van der Waals surface area contributed by atoms with Gasteiger partial charge in [0.15, 0.2) is 12.4 Å². The van der Waals surface area contributed by atoms with Crippen LogP contribution in [0.2, 0.25) is 0 Å². The van der Waals surface area contributed by atoms with Crippen LogP contribution in [0.15, 0.2) is 58.5 Å². The molecule has 7 N–H and O–H groups in total.